The van der Waals surface area contributed by atoms with Crippen LogP contribution >= 0.6 is 0 Å². The first-order valence-corrected chi connectivity index (χ1v) is 6.53. The van der Waals surface area contributed by atoms with Crippen LogP contribution in [0.5, 0.6) is 0 Å². The van der Waals surface area contributed by atoms with Crippen molar-refractivity contribution in [2.24, 2.45) is 0 Å². The van der Waals surface area contributed by atoms with E-state index in [1.807, 2.05) is 18.2 Å². The number of hydrogen-bond donors (Lipinski definition) is 1. The fraction of sp³-hybridized carbons (Fsp3) is 0.312. The van der Waals surface area contributed by atoms with Crippen LogP contribution in [0.4, 0.5) is 0 Å². The average molecular weight is 273 g/mol. The van der Waals surface area contributed by atoms with Gasteiger partial charge in [-0.1, -0.05) is 36.4 Å². The summed E-state index contributed by atoms with van der Waals surface area (Å²) in [6, 6.07) is 14.1. The number of ether oxygens (including phenoxy) is 2. The van der Waals surface area contributed by atoms with Gasteiger partial charge in [0.25, 0.3) is 0 Å². The predicted molar refractivity (Wildman–Crippen MR) is 78.3 cm³/mol. The van der Waals surface area contributed by atoms with Crippen molar-refractivity contribution in [1.29, 1.82) is 0 Å². The minimum Gasteiger partial charge on any atom is -0.359 e. The van der Waals surface area contributed by atoms with E-state index in [9.17, 15) is 4.79 Å². The van der Waals surface area contributed by atoms with E-state index in [0.717, 1.165) is 10.9 Å². The molecule has 0 aliphatic rings. The Balaban J connectivity index is 2.22. The zero-order valence-corrected chi connectivity index (χ0v) is 11.8. The lowest BCUT2D eigenvalue weighted by molar-refractivity contribution is -0.120. The van der Waals surface area contributed by atoms with Crippen molar-refractivity contribution < 1.29 is 14.3 Å². The Morgan fingerprint density at radius 2 is 1.95 bits per heavy atom. The van der Waals surface area contributed by atoms with E-state index in [1.165, 1.54) is 12.3 Å². The van der Waals surface area contributed by atoms with Gasteiger partial charge < -0.3 is 14.8 Å². The molecule has 1 atom stereocenters. The summed E-state index contributed by atoms with van der Waals surface area (Å²) in [4.78, 5) is 11.3. The van der Waals surface area contributed by atoms with Gasteiger partial charge in [-0.2, -0.15) is 0 Å². The third kappa shape index (κ3) is 3.79. The van der Waals surface area contributed by atoms with E-state index < -0.39 is 0 Å². The third-order valence-electron chi connectivity index (χ3n) is 3.04. The maximum atomic E-state index is 11.3. The molecule has 4 heteroatoms. The highest BCUT2D eigenvalue weighted by Crippen LogP contribution is 2.20. The standard InChI is InChI=1S/C16H19NO3/c1-12(18)17-16(10-20-11-19-2)15-8-7-13-5-3-4-6-14(13)9-15/h3-9,16H,10-11H2,1-2H3,(H,17,18)/t16-/m1/s1. The first kappa shape index (κ1) is 14.5. The van der Waals surface area contributed by atoms with Gasteiger partial charge in [0.05, 0.1) is 12.6 Å². The second-order valence-corrected chi connectivity index (χ2v) is 4.64. The summed E-state index contributed by atoms with van der Waals surface area (Å²) in [5, 5.41) is 5.22. The van der Waals surface area contributed by atoms with Crippen LogP contribution in [-0.4, -0.2) is 26.4 Å². The smallest absolute Gasteiger partial charge is 0.217 e. The zero-order chi connectivity index (χ0) is 14.4. The molecule has 20 heavy (non-hydrogen) atoms. The summed E-state index contributed by atoms with van der Waals surface area (Å²) in [5.41, 5.74) is 1.02. The zero-order valence-electron chi connectivity index (χ0n) is 11.8. The fourth-order valence-corrected chi connectivity index (χ4v) is 2.14. The number of hydrogen-bond acceptors (Lipinski definition) is 3. The molecular weight excluding hydrogens is 254 g/mol. The largest absolute Gasteiger partial charge is 0.359 e. The normalized spacial score (nSPS) is 12.3. The Bertz CT molecular complexity index is 583. The maximum absolute atomic E-state index is 11.3. The van der Waals surface area contributed by atoms with Crippen LogP contribution in [0, 0.1) is 0 Å². The monoisotopic (exact) mass is 273 g/mol. The second kappa shape index (κ2) is 7.03. The summed E-state index contributed by atoms with van der Waals surface area (Å²) in [5.74, 6) is -0.0795. The third-order valence-corrected chi connectivity index (χ3v) is 3.04. The van der Waals surface area contributed by atoms with Crippen LogP contribution in [0.1, 0.15) is 18.5 Å². The lowest BCUT2D eigenvalue weighted by Crippen LogP contribution is -2.29. The molecule has 1 amide bonds. The Hall–Kier alpha value is -1.91. The van der Waals surface area contributed by atoms with Gasteiger partial charge in [0.15, 0.2) is 0 Å². The Kier molecular flexibility index (Phi) is 5.09. The average Bonchev–Trinajstić information content (AvgIpc) is 2.45. The quantitative estimate of drug-likeness (QED) is 0.650. The molecule has 0 aromatic heterocycles. The van der Waals surface area contributed by atoms with E-state index in [0.29, 0.717) is 6.61 Å². The van der Waals surface area contributed by atoms with Crippen LogP contribution < -0.4 is 5.32 Å². The first-order valence-electron chi connectivity index (χ1n) is 6.53. The van der Waals surface area contributed by atoms with Crippen molar-refractivity contribution in [3.05, 3.63) is 48.0 Å². The number of fused-ring (bicyclic) bond motifs is 1. The topological polar surface area (TPSA) is 47.6 Å². The minimum absolute atomic E-state index is 0.0795. The number of benzene rings is 2. The van der Waals surface area contributed by atoms with Gasteiger partial charge in [0, 0.05) is 14.0 Å². The van der Waals surface area contributed by atoms with Crippen LogP contribution in [0.15, 0.2) is 42.5 Å². The van der Waals surface area contributed by atoms with Gasteiger partial charge in [-0.15, -0.1) is 0 Å². The van der Waals surface area contributed by atoms with Gasteiger partial charge in [-0.05, 0) is 22.4 Å². The molecule has 0 spiro atoms. The molecule has 0 aliphatic carbocycles. The van der Waals surface area contributed by atoms with E-state index in [2.05, 4.69) is 29.6 Å². The molecule has 4 nitrogen and oxygen atoms in total. The molecule has 0 saturated heterocycles. The van der Waals surface area contributed by atoms with Gasteiger partial charge in [-0.25, -0.2) is 0 Å². The highest BCUT2D eigenvalue weighted by Gasteiger charge is 2.13. The van der Waals surface area contributed by atoms with Crippen LogP contribution in [0.2, 0.25) is 0 Å². The molecule has 0 radical (unpaired) electrons. The van der Waals surface area contributed by atoms with E-state index in [-0.39, 0.29) is 18.7 Å². The molecule has 2 rings (SSSR count). The summed E-state index contributed by atoms with van der Waals surface area (Å²) >= 11 is 0. The van der Waals surface area contributed by atoms with Crippen molar-refractivity contribution in [1.82, 2.24) is 5.32 Å². The molecule has 2 aromatic carbocycles. The Morgan fingerprint density at radius 3 is 2.65 bits per heavy atom. The van der Waals surface area contributed by atoms with E-state index in [4.69, 9.17) is 9.47 Å². The van der Waals surface area contributed by atoms with Crippen LogP contribution in [0.3, 0.4) is 0 Å². The molecule has 1 N–H and O–H groups in total. The van der Waals surface area contributed by atoms with E-state index in [1.54, 1.807) is 7.11 Å². The molecule has 0 bridgehead atoms. The summed E-state index contributed by atoms with van der Waals surface area (Å²) in [6.45, 7) is 2.10. The summed E-state index contributed by atoms with van der Waals surface area (Å²) in [7, 11) is 1.57. The first-order chi connectivity index (χ1) is 9.70. The summed E-state index contributed by atoms with van der Waals surface area (Å²) in [6.07, 6.45) is 0. The van der Waals surface area contributed by atoms with Crippen LogP contribution in [0.25, 0.3) is 10.8 Å². The SMILES string of the molecule is COCOC[C@@H](NC(C)=O)c1ccc2ccccc2c1. The molecule has 0 saturated carbocycles. The molecule has 0 aliphatic heterocycles. The van der Waals surface area contributed by atoms with Crippen LogP contribution in [-0.2, 0) is 14.3 Å². The molecule has 0 fully saturated rings. The lowest BCUT2D eigenvalue weighted by atomic mass is 10.0. The molecular formula is C16H19NO3. The van der Waals surface area contributed by atoms with Crippen molar-refractivity contribution in [3.63, 3.8) is 0 Å². The minimum atomic E-state index is -0.174. The molecule has 0 heterocycles. The van der Waals surface area contributed by atoms with Crippen molar-refractivity contribution >= 4 is 16.7 Å². The number of carbonyl (C=O) groups is 1. The lowest BCUT2D eigenvalue weighted by Gasteiger charge is -2.18. The number of rotatable bonds is 6. The van der Waals surface area contributed by atoms with Gasteiger partial charge in [0.2, 0.25) is 5.91 Å². The van der Waals surface area contributed by atoms with Gasteiger partial charge in [-0.3, -0.25) is 4.79 Å². The summed E-state index contributed by atoms with van der Waals surface area (Å²) < 4.78 is 10.2. The number of amides is 1. The number of nitrogens with one attached hydrogen (secondary N) is 1. The fourth-order valence-electron chi connectivity index (χ4n) is 2.14. The molecule has 106 valence electrons. The van der Waals surface area contributed by atoms with Gasteiger partial charge in [0.1, 0.15) is 6.79 Å². The number of carbonyl (C=O) groups excluding carboxylic acids is 1. The predicted octanol–water partition coefficient (Wildman–Crippen LogP) is 2.64. The molecule has 2 aromatic rings. The molecule has 0 unspecified atom stereocenters. The van der Waals surface area contributed by atoms with Crippen molar-refractivity contribution in [3.8, 4) is 0 Å². The Morgan fingerprint density at radius 1 is 1.20 bits per heavy atom. The van der Waals surface area contributed by atoms with Gasteiger partial charge >= 0.3 is 0 Å². The second-order valence-electron chi connectivity index (χ2n) is 4.64. The number of methoxy groups -OCH3 is 1. The highest BCUT2D eigenvalue weighted by atomic mass is 16.7. The van der Waals surface area contributed by atoms with Crippen molar-refractivity contribution in [2.75, 3.05) is 20.5 Å². The maximum Gasteiger partial charge on any atom is 0.217 e. The Labute approximate surface area is 118 Å². The highest BCUT2D eigenvalue weighted by molar-refractivity contribution is 5.83. The van der Waals surface area contributed by atoms with Crippen molar-refractivity contribution in [2.45, 2.75) is 13.0 Å². The van der Waals surface area contributed by atoms with E-state index >= 15 is 0 Å².